The van der Waals surface area contributed by atoms with E-state index >= 15 is 0 Å². The second kappa shape index (κ2) is 11.2. The second-order valence-corrected chi connectivity index (χ2v) is 5.44. The number of nitrogens with one attached hydrogen (secondary N) is 1. The standard InChI is InChI=1S/C16H22BrNO6/c17-12-16(19)18-13-1-2-14-15(11-13)24-10-8-22-6-4-20-3-5-21-7-9-23-14/h1-2,11H,3-10,12H2,(H,18,19). The van der Waals surface area contributed by atoms with E-state index in [-0.39, 0.29) is 11.2 Å². The third kappa shape index (κ3) is 7.04. The molecule has 1 aliphatic rings. The van der Waals surface area contributed by atoms with Crippen LogP contribution in [0, 0.1) is 0 Å². The van der Waals surface area contributed by atoms with Crippen LogP contribution in [0.15, 0.2) is 18.2 Å². The molecule has 0 saturated heterocycles. The van der Waals surface area contributed by atoms with Crippen LogP contribution in [-0.4, -0.2) is 64.1 Å². The van der Waals surface area contributed by atoms with E-state index in [1.807, 2.05) is 0 Å². The number of anilines is 1. The van der Waals surface area contributed by atoms with Crippen LogP contribution < -0.4 is 14.8 Å². The smallest absolute Gasteiger partial charge is 0.235 e. The molecule has 1 aromatic carbocycles. The van der Waals surface area contributed by atoms with Crippen molar-refractivity contribution >= 4 is 27.5 Å². The molecule has 7 nitrogen and oxygen atoms in total. The maximum atomic E-state index is 11.5. The van der Waals surface area contributed by atoms with Crippen LogP contribution in [0.1, 0.15) is 0 Å². The second-order valence-electron chi connectivity index (χ2n) is 4.88. The molecule has 1 amide bonds. The van der Waals surface area contributed by atoms with Gasteiger partial charge in [-0.2, -0.15) is 0 Å². The Morgan fingerprint density at radius 2 is 1.42 bits per heavy atom. The van der Waals surface area contributed by atoms with Gasteiger partial charge in [-0.05, 0) is 12.1 Å². The predicted octanol–water partition coefficient (Wildman–Crippen LogP) is 1.84. The van der Waals surface area contributed by atoms with E-state index in [4.69, 9.17) is 23.7 Å². The monoisotopic (exact) mass is 403 g/mol. The van der Waals surface area contributed by atoms with Crippen LogP contribution in [0.25, 0.3) is 0 Å². The Morgan fingerprint density at radius 1 is 0.875 bits per heavy atom. The van der Waals surface area contributed by atoms with E-state index in [9.17, 15) is 4.79 Å². The average Bonchev–Trinajstić information content (AvgIpc) is 2.60. The van der Waals surface area contributed by atoms with Gasteiger partial charge in [-0.15, -0.1) is 0 Å². The minimum atomic E-state index is -0.134. The Morgan fingerprint density at radius 3 is 2.00 bits per heavy atom. The molecule has 8 heteroatoms. The van der Waals surface area contributed by atoms with Crippen molar-refractivity contribution in [3.05, 3.63) is 18.2 Å². The molecule has 24 heavy (non-hydrogen) atoms. The molecule has 0 aromatic heterocycles. The molecule has 0 fully saturated rings. The number of amides is 1. The fourth-order valence-corrected chi connectivity index (χ4v) is 2.12. The number of fused-ring (bicyclic) bond motifs is 1. The van der Waals surface area contributed by atoms with Crippen LogP contribution >= 0.6 is 15.9 Å². The lowest BCUT2D eigenvalue weighted by atomic mass is 10.2. The third-order valence-corrected chi connectivity index (χ3v) is 3.57. The topological polar surface area (TPSA) is 75.3 Å². The Hall–Kier alpha value is -1.35. The zero-order chi connectivity index (χ0) is 17.0. The molecule has 134 valence electrons. The minimum absolute atomic E-state index is 0.134. The number of halogens is 1. The van der Waals surface area contributed by atoms with Crippen molar-refractivity contribution in [1.82, 2.24) is 0 Å². The Labute approximate surface area is 149 Å². The molecule has 1 N–H and O–H groups in total. The molecule has 0 bridgehead atoms. The van der Waals surface area contributed by atoms with Gasteiger partial charge in [-0.25, -0.2) is 0 Å². The van der Waals surface area contributed by atoms with Gasteiger partial charge >= 0.3 is 0 Å². The summed E-state index contributed by atoms with van der Waals surface area (Å²) in [6, 6.07) is 5.27. The summed E-state index contributed by atoms with van der Waals surface area (Å²) < 4.78 is 27.6. The third-order valence-electron chi connectivity index (χ3n) is 3.06. The molecule has 1 aliphatic heterocycles. The number of carbonyl (C=O) groups is 1. The van der Waals surface area contributed by atoms with Crippen molar-refractivity contribution in [2.45, 2.75) is 0 Å². The Bertz CT molecular complexity index is 513. The predicted molar refractivity (Wildman–Crippen MR) is 92.3 cm³/mol. The molecule has 0 aliphatic carbocycles. The molecule has 1 heterocycles. The van der Waals surface area contributed by atoms with Gasteiger partial charge < -0.3 is 29.0 Å². The van der Waals surface area contributed by atoms with Crippen LogP contribution in [0.3, 0.4) is 0 Å². The first-order valence-electron chi connectivity index (χ1n) is 7.78. The van der Waals surface area contributed by atoms with Crippen LogP contribution in [0.4, 0.5) is 5.69 Å². The molecule has 0 unspecified atom stereocenters. The maximum Gasteiger partial charge on any atom is 0.235 e. The largest absolute Gasteiger partial charge is 0.487 e. The number of rotatable bonds is 2. The van der Waals surface area contributed by atoms with Gasteiger partial charge in [0.2, 0.25) is 5.91 Å². The summed E-state index contributed by atoms with van der Waals surface area (Å²) in [5, 5.41) is 2.99. The number of carbonyl (C=O) groups excluding carboxylic acids is 1. The van der Waals surface area contributed by atoms with E-state index in [2.05, 4.69) is 21.2 Å². The summed E-state index contributed by atoms with van der Waals surface area (Å²) in [6.45, 7) is 3.77. The first-order valence-corrected chi connectivity index (χ1v) is 8.90. The van der Waals surface area contributed by atoms with E-state index in [0.29, 0.717) is 70.0 Å². The summed E-state index contributed by atoms with van der Waals surface area (Å²) in [5.74, 6) is 1.02. The van der Waals surface area contributed by atoms with Crippen LogP contribution in [0.2, 0.25) is 0 Å². The average molecular weight is 404 g/mol. The van der Waals surface area contributed by atoms with Gasteiger partial charge in [0.05, 0.1) is 45.0 Å². The highest BCUT2D eigenvalue weighted by Crippen LogP contribution is 2.30. The van der Waals surface area contributed by atoms with Gasteiger partial charge in [-0.3, -0.25) is 4.79 Å². The molecule has 0 atom stereocenters. The summed E-state index contributed by atoms with van der Waals surface area (Å²) in [6.07, 6.45) is 0. The minimum Gasteiger partial charge on any atom is -0.487 e. The molecular formula is C16H22BrNO6. The van der Waals surface area contributed by atoms with Gasteiger partial charge in [0.15, 0.2) is 11.5 Å². The van der Waals surface area contributed by atoms with Gasteiger partial charge in [0.1, 0.15) is 13.2 Å². The van der Waals surface area contributed by atoms with Crippen molar-refractivity contribution in [2.24, 2.45) is 0 Å². The fraction of sp³-hybridized carbons (Fsp3) is 0.562. The van der Waals surface area contributed by atoms with Crippen molar-refractivity contribution < 1.29 is 28.5 Å². The first-order chi connectivity index (χ1) is 11.8. The van der Waals surface area contributed by atoms with Crippen molar-refractivity contribution in [3.8, 4) is 11.5 Å². The Balaban J connectivity index is 2.01. The number of alkyl halides is 1. The molecule has 0 radical (unpaired) electrons. The van der Waals surface area contributed by atoms with Gasteiger partial charge in [0, 0.05) is 11.8 Å². The number of hydrogen-bond acceptors (Lipinski definition) is 6. The molecule has 0 saturated carbocycles. The lowest BCUT2D eigenvalue weighted by Crippen LogP contribution is -2.13. The summed E-state index contributed by atoms with van der Waals surface area (Å²) in [4.78, 5) is 11.5. The van der Waals surface area contributed by atoms with Crippen molar-refractivity contribution in [3.63, 3.8) is 0 Å². The van der Waals surface area contributed by atoms with Gasteiger partial charge in [-0.1, -0.05) is 15.9 Å². The van der Waals surface area contributed by atoms with Crippen LogP contribution in [0.5, 0.6) is 11.5 Å². The highest BCUT2D eigenvalue weighted by atomic mass is 79.9. The Kier molecular flexibility index (Phi) is 8.90. The molecule has 2 rings (SSSR count). The first kappa shape index (κ1) is 19.0. The van der Waals surface area contributed by atoms with E-state index in [1.165, 1.54) is 0 Å². The zero-order valence-corrected chi connectivity index (χ0v) is 15.0. The molecule has 0 spiro atoms. The highest BCUT2D eigenvalue weighted by molar-refractivity contribution is 9.09. The van der Waals surface area contributed by atoms with Crippen molar-refractivity contribution in [2.75, 3.05) is 63.5 Å². The summed E-state index contributed by atoms with van der Waals surface area (Å²) >= 11 is 3.12. The zero-order valence-electron chi connectivity index (χ0n) is 13.4. The van der Waals surface area contributed by atoms with E-state index in [1.54, 1.807) is 18.2 Å². The summed E-state index contributed by atoms with van der Waals surface area (Å²) in [5.41, 5.74) is 0.644. The van der Waals surface area contributed by atoms with E-state index in [0.717, 1.165) is 0 Å². The fourth-order valence-electron chi connectivity index (χ4n) is 1.98. The SMILES string of the molecule is O=C(CBr)Nc1ccc2c(c1)OCCOCCOCCOCCO2. The normalized spacial score (nSPS) is 17.4. The van der Waals surface area contributed by atoms with Crippen molar-refractivity contribution in [1.29, 1.82) is 0 Å². The van der Waals surface area contributed by atoms with Crippen LogP contribution in [-0.2, 0) is 19.0 Å². The lowest BCUT2D eigenvalue weighted by molar-refractivity contribution is -0.113. The maximum absolute atomic E-state index is 11.5. The van der Waals surface area contributed by atoms with Gasteiger partial charge in [0.25, 0.3) is 0 Å². The lowest BCUT2D eigenvalue weighted by Gasteiger charge is -2.14. The number of benzene rings is 1. The molecule has 1 aromatic rings. The summed E-state index contributed by atoms with van der Waals surface area (Å²) in [7, 11) is 0. The highest BCUT2D eigenvalue weighted by Gasteiger charge is 2.09. The molecular weight excluding hydrogens is 382 g/mol. The number of hydrogen-bond donors (Lipinski definition) is 1. The van der Waals surface area contributed by atoms with E-state index < -0.39 is 0 Å². The number of ether oxygens (including phenoxy) is 5. The quantitative estimate of drug-likeness (QED) is 0.759.